The molecule has 0 saturated carbocycles. The van der Waals surface area contributed by atoms with Crippen LogP contribution in [0.5, 0.6) is 11.5 Å². The molecule has 3 aromatic carbocycles. The van der Waals surface area contributed by atoms with E-state index in [-0.39, 0.29) is 31.7 Å². The number of carboxylic acids is 1. The molecule has 0 aromatic heterocycles. The Morgan fingerprint density at radius 2 is 1.60 bits per heavy atom. The Bertz CT molecular complexity index is 1710. The van der Waals surface area contributed by atoms with Gasteiger partial charge in [-0.2, -0.15) is 0 Å². The van der Waals surface area contributed by atoms with Crippen LogP contribution in [-0.4, -0.2) is 71.6 Å². The molecule has 50 heavy (non-hydrogen) atoms. The highest BCUT2D eigenvalue weighted by molar-refractivity contribution is 6.38. The topological polar surface area (TPSA) is 209 Å². The Labute approximate surface area is 288 Å². The van der Waals surface area contributed by atoms with Crippen molar-refractivity contribution in [2.24, 2.45) is 0 Å². The molecule has 14 nitrogen and oxygen atoms in total. The number of benzene rings is 3. The molecule has 0 aliphatic carbocycles. The molecule has 3 aromatic rings. The number of aliphatic carboxylic acids is 1. The Balaban J connectivity index is 1.44. The number of carbonyl (C=O) groups excluding carboxylic acids is 6. The molecule has 14 heteroatoms. The number of amides is 5. The molecule has 262 valence electrons. The van der Waals surface area contributed by atoms with Gasteiger partial charge >= 0.3 is 5.97 Å². The molecule has 3 unspecified atom stereocenters. The zero-order valence-corrected chi connectivity index (χ0v) is 27.4. The van der Waals surface area contributed by atoms with Gasteiger partial charge in [0.1, 0.15) is 17.5 Å². The van der Waals surface area contributed by atoms with Crippen molar-refractivity contribution in [3.8, 4) is 11.5 Å². The van der Waals surface area contributed by atoms with Gasteiger partial charge in [-0.05, 0) is 53.8 Å². The first-order valence-corrected chi connectivity index (χ1v) is 16.1. The van der Waals surface area contributed by atoms with Crippen molar-refractivity contribution >= 4 is 41.3 Å². The molecular weight excluding hydrogens is 646 g/mol. The van der Waals surface area contributed by atoms with Crippen LogP contribution in [0.2, 0.25) is 0 Å². The van der Waals surface area contributed by atoms with Crippen molar-refractivity contribution < 1.29 is 43.4 Å². The fraction of sp³-hybridized carbons (Fsp3) is 0.306. The number of nitrogens with one attached hydrogen (secondary N) is 5. The molecule has 0 saturated heterocycles. The number of ketones is 1. The number of aryl methyl sites for hydroxylation is 1. The second-order valence-corrected chi connectivity index (χ2v) is 11.6. The summed E-state index contributed by atoms with van der Waals surface area (Å²) in [7, 11) is 0. The van der Waals surface area contributed by atoms with Gasteiger partial charge < -0.3 is 36.4 Å². The van der Waals surface area contributed by atoms with Gasteiger partial charge in [-0.15, -0.1) is 0 Å². The number of carboxylic acid groups (broad SMARTS) is 1. The van der Waals surface area contributed by atoms with Crippen molar-refractivity contribution in [1.29, 1.82) is 0 Å². The third kappa shape index (κ3) is 11.0. The molecular formula is C36H39N5O9. The average molecular weight is 686 g/mol. The highest BCUT2D eigenvalue weighted by Crippen LogP contribution is 2.24. The van der Waals surface area contributed by atoms with Crippen LogP contribution in [0.3, 0.4) is 0 Å². The first-order chi connectivity index (χ1) is 24.0. The highest BCUT2D eigenvalue weighted by Gasteiger charge is 2.31. The van der Waals surface area contributed by atoms with Gasteiger partial charge in [-0.25, -0.2) is 4.79 Å². The van der Waals surface area contributed by atoms with E-state index in [9.17, 15) is 38.7 Å². The fourth-order valence-electron chi connectivity index (χ4n) is 5.19. The lowest BCUT2D eigenvalue weighted by atomic mass is 10.0. The van der Waals surface area contributed by atoms with E-state index in [0.29, 0.717) is 35.5 Å². The van der Waals surface area contributed by atoms with Crippen molar-refractivity contribution in [1.82, 2.24) is 26.6 Å². The monoisotopic (exact) mass is 685 g/mol. The summed E-state index contributed by atoms with van der Waals surface area (Å²) < 4.78 is 5.97. The van der Waals surface area contributed by atoms with Gasteiger partial charge in [0.25, 0.3) is 5.91 Å². The number of ether oxygens (including phenoxy) is 1. The molecule has 2 aliphatic heterocycles. The number of fused-ring (bicyclic) bond motifs is 10. The molecule has 0 radical (unpaired) electrons. The Kier molecular flexibility index (Phi) is 13.2. The van der Waals surface area contributed by atoms with Crippen LogP contribution in [0.1, 0.15) is 48.9 Å². The van der Waals surface area contributed by atoms with E-state index in [2.05, 4.69) is 26.6 Å². The molecule has 2 aliphatic rings. The van der Waals surface area contributed by atoms with E-state index < -0.39 is 60.1 Å². The minimum absolute atomic E-state index is 0.0206. The number of rotatable bonds is 11. The summed E-state index contributed by atoms with van der Waals surface area (Å²) in [4.78, 5) is 89.1. The lowest BCUT2D eigenvalue weighted by molar-refractivity contribution is -0.142. The van der Waals surface area contributed by atoms with E-state index >= 15 is 0 Å². The van der Waals surface area contributed by atoms with Gasteiger partial charge in [0.2, 0.25) is 29.4 Å². The number of Topliss-reactive ketones (excluding diaryl/α,β-unsaturated/α-hetero) is 1. The Hall–Kier alpha value is -6.05. The number of hydrogen-bond donors (Lipinski definition) is 6. The average Bonchev–Trinajstić information content (AvgIpc) is 3.11. The number of carbonyl (C=O) groups is 7. The SMILES string of the molecule is CCCC(NC(=O)C1Cc2cccc(c2)Oc2ccc(cc2)CCC(=O)NCC(=O)N1)C(=O)C(=O)NCC(=O)NC(C(=O)O)c1ccccc1. The van der Waals surface area contributed by atoms with E-state index in [1.54, 1.807) is 61.5 Å². The van der Waals surface area contributed by atoms with Gasteiger partial charge in [-0.1, -0.05) is 67.9 Å². The second-order valence-electron chi connectivity index (χ2n) is 11.6. The van der Waals surface area contributed by atoms with E-state index in [4.69, 9.17) is 4.74 Å². The zero-order chi connectivity index (χ0) is 36.0. The van der Waals surface area contributed by atoms with E-state index in [1.165, 1.54) is 12.1 Å². The first-order valence-electron chi connectivity index (χ1n) is 16.1. The lowest BCUT2D eigenvalue weighted by Gasteiger charge is -2.23. The summed E-state index contributed by atoms with van der Waals surface area (Å²) >= 11 is 0. The third-order valence-corrected chi connectivity index (χ3v) is 7.76. The van der Waals surface area contributed by atoms with Crippen LogP contribution in [-0.2, 0) is 46.4 Å². The summed E-state index contributed by atoms with van der Waals surface area (Å²) in [6, 6.07) is 18.2. The Morgan fingerprint density at radius 3 is 2.30 bits per heavy atom. The van der Waals surface area contributed by atoms with Crippen molar-refractivity contribution in [2.75, 3.05) is 13.1 Å². The van der Waals surface area contributed by atoms with E-state index in [0.717, 1.165) is 5.56 Å². The predicted octanol–water partition coefficient (Wildman–Crippen LogP) is 1.48. The van der Waals surface area contributed by atoms with E-state index in [1.807, 2.05) is 12.1 Å². The largest absolute Gasteiger partial charge is 0.479 e. The zero-order valence-electron chi connectivity index (χ0n) is 27.4. The van der Waals surface area contributed by atoms with Crippen LogP contribution in [0, 0.1) is 0 Å². The maximum Gasteiger partial charge on any atom is 0.330 e. The molecule has 3 atom stereocenters. The van der Waals surface area contributed by atoms with Crippen LogP contribution >= 0.6 is 0 Å². The highest BCUT2D eigenvalue weighted by atomic mass is 16.5. The molecule has 5 rings (SSSR count). The van der Waals surface area contributed by atoms with Gasteiger partial charge in [-0.3, -0.25) is 28.8 Å². The van der Waals surface area contributed by atoms with Crippen LogP contribution < -0.4 is 31.3 Å². The predicted molar refractivity (Wildman–Crippen MR) is 180 cm³/mol. The van der Waals surface area contributed by atoms with Crippen molar-refractivity contribution in [3.05, 3.63) is 95.6 Å². The number of hydrogen-bond acceptors (Lipinski definition) is 8. The summed E-state index contributed by atoms with van der Waals surface area (Å²) in [5.74, 6) is -5.06. The molecule has 2 heterocycles. The molecule has 0 fully saturated rings. The minimum Gasteiger partial charge on any atom is -0.479 e. The normalized spacial score (nSPS) is 15.9. The molecule has 6 N–H and O–H groups in total. The minimum atomic E-state index is -1.38. The molecule has 4 bridgehead atoms. The summed E-state index contributed by atoms with van der Waals surface area (Å²) in [6.45, 7) is 0.658. The summed E-state index contributed by atoms with van der Waals surface area (Å²) in [6.07, 6.45) is 1.02. The van der Waals surface area contributed by atoms with Crippen LogP contribution in [0.4, 0.5) is 0 Å². The van der Waals surface area contributed by atoms with Crippen LogP contribution in [0.25, 0.3) is 0 Å². The van der Waals surface area contributed by atoms with Gasteiger partial charge in [0, 0.05) is 12.8 Å². The van der Waals surface area contributed by atoms with Gasteiger partial charge in [0.15, 0.2) is 6.04 Å². The lowest BCUT2D eigenvalue weighted by Crippen LogP contribution is -2.55. The third-order valence-electron chi connectivity index (χ3n) is 7.76. The molecule has 0 spiro atoms. The summed E-state index contributed by atoms with van der Waals surface area (Å²) in [5.41, 5.74) is 1.84. The van der Waals surface area contributed by atoms with Crippen LogP contribution in [0.15, 0.2) is 78.9 Å². The summed E-state index contributed by atoms with van der Waals surface area (Å²) in [5, 5.41) is 21.8. The first kappa shape index (κ1) is 36.8. The molecule has 5 amide bonds. The second kappa shape index (κ2) is 17.9. The smallest absolute Gasteiger partial charge is 0.330 e. The maximum atomic E-state index is 13.6. The quantitative estimate of drug-likeness (QED) is 0.161. The standard InChI is InChI=1S/C36H39N5O9/c1-2-7-27(33(45)35(47)38-21-31(44)41-32(36(48)49)24-9-4-3-5-10-24)40-34(46)28-19-23-8-6-11-26(18-23)50-25-15-12-22(13-16-25)14-17-29(42)37-20-30(43)39-28/h3-6,8-13,15-16,18,27-28,32H,2,7,14,17,19-21H2,1H3,(H,37,42)(H,38,47)(H,39,43)(H,40,46)(H,41,44)(H,48,49). The Morgan fingerprint density at radius 1 is 0.860 bits per heavy atom. The maximum absolute atomic E-state index is 13.6. The fourth-order valence-corrected chi connectivity index (χ4v) is 5.19. The van der Waals surface area contributed by atoms with Gasteiger partial charge in [0.05, 0.1) is 19.1 Å². The van der Waals surface area contributed by atoms with Crippen molar-refractivity contribution in [2.45, 2.75) is 57.2 Å². The van der Waals surface area contributed by atoms with Crippen molar-refractivity contribution in [3.63, 3.8) is 0 Å².